The van der Waals surface area contributed by atoms with Gasteiger partial charge in [0.15, 0.2) is 5.52 Å². The largest absolute Gasteiger partial charge is 0.462 e. The number of aromatic amines is 1. The lowest BCUT2D eigenvalue weighted by atomic mass is 10.2. The van der Waals surface area contributed by atoms with Crippen molar-refractivity contribution in [1.29, 1.82) is 0 Å². The minimum absolute atomic E-state index is 0.156. The number of carbonyl (C=O) groups excluding carboxylic acids is 1. The first kappa shape index (κ1) is 12.2. The van der Waals surface area contributed by atoms with Gasteiger partial charge in [0.1, 0.15) is 11.1 Å². The molecule has 18 heavy (non-hydrogen) atoms. The van der Waals surface area contributed by atoms with Crippen molar-refractivity contribution in [3.05, 3.63) is 33.5 Å². The maximum Gasteiger partial charge on any atom is 0.341 e. The van der Waals surface area contributed by atoms with Crippen LogP contribution in [0.5, 0.6) is 0 Å². The molecule has 94 valence electrons. The van der Waals surface area contributed by atoms with Crippen LogP contribution >= 0.6 is 0 Å². The van der Waals surface area contributed by atoms with Crippen molar-refractivity contribution in [2.24, 2.45) is 0 Å². The van der Waals surface area contributed by atoms with Crippen LogP contribution in [-0.4, -0.2) is 27.5 Å². The zero-order valence-corrected chi connectivity index (χ0v) is 10.4. The number of rotatable bonds is 2. The minimum Gasteiger partial charge on any atom is -0.462 e. The molecule has 2 rings (SSSR count). The van der Waals surface area contributed by atoms with Crippen LogP contribution < -0.4 is 5.56 Å². The molecule has 0 bridgehead atoms. The molecule has 6 nitrogen and oxygen atoms in total. The van der Waals surface area contributed by atoms with Crippen molar-refractivity contribution in [2.75, 3.05) is 6.61 Å². The van der Waals surface area contributed by atoms with E-state index in [-0.39, 0.29) is 28.8 Å². The van der Waals surface area contributed by atoms with Crippen molar-refractivity contribution in [1.82, 2.24) is 15.0 Å². The lowest BCUT2D eigenvalue weighted by Crippen LogP contribution is -2.15. The topological polar surface area (TPSA) is 84.9 Å². The van der Waals surface area contributed by atoms with E-state index in [0.717, 1.165) is 0 Å². The molecule has 0 radical (unpaired) electrons. The third-order valence-electron chi connectivity index (χ3n) is 2.62. The first-order valence-corrected chi connectivity index (χ1v) is 5.58. The number of nitrogens with zero attached hydrogens (tertiary/aromatic N) is 2. The molecule has 2 heterocycles. The maximum absolute atomic E-state index is 11.8. The molecular formula is C12H13N3O3. The summed E-state index contributed by atoms with van der Waals surface area (Å²) in [4.78, 5) is 34.3. The van der Waals surface area contributed by atoms with Gasteiger partial charge in [0, 0.05) is 6.20 Å². The quantitative estimate of drug-likeness (QED) is 0.803. The smallest absolute Gasteiger partial charge is 0.341 e. The number of ether oxygens (including phenoxy) is 1. The average molecular weight is 247 g/mol. The number of aryl methyl sites for hydroxylation is 2. The Morgan fingerprint density at radius 2 is 1.89 bits per heavy atom. The van der Waals surface area contributed by atoms with Crippen molar-refractivity contribution in [3.8, 4) is 0 Å². The van der Waals surface area contributed by atoms with Crippen LogP contribution in [0.1, 0.15) is 28.7 Å². The number of fused-ring (bicyclic) bond motifs is 1. The third-order valence-corrected chi connectivity index (χ3v) is 2.62. The summed E-state index contributed by atoms with van der Waals surface area (Å²) in [5.41, 5.74) is 1.63. The number of H-pyrrole nitrogens is 1. The minimum atomic E-state index is -0.517. The summed E-state index contributed by atoms with van der Waals surface area (Å²) in [6.07, 6.45) is 1.31. The SMILES string of the molecule is CCOC(=O)c1c[nH]c(=O)c2nc(C)c(C)nc12. The van der Waals surface area contributed by atoms with Gasteiger partial charge in [-0.15, -0.1) is 0 Å². The van der Waals surface area contributed by atoms with Crippen LogP contribution in [-0.2, 0) is 4.74 Å². The summed E-state index contributed by atoms with van der Waals surface area (Å²) in [6.45, 7) is 5.51. The van der Waals surface area contributed by atoms with E-state index in [9.17, 15) is 9.59 Å². The van der Waals surface area contributed by atoms with Gasteiger partial charge >= 0.3 is 5.97 Å². The van der Waals surface area contributed by atoms with Gasteiger partial charge < -0.3 is 9.72 Å². The highest BCUT2D eigenvalue weighted by Crippen LogP contribution is 2.13. The van der Waals surface area contributed by atoms with E-state index in [0.29, 0.717) is 11.4 Å². The van der Waals surface area contributed by atoms with Gasteiger partial charge in [-0.3, -0.25) is 4.79 Å². The highest BCUT2D eigenvalue weighted by Gasteiger charge is 2.16. The van der Waals surface area contributed by atoms with Gasteiger partial charge in [-0.2, -0.15) is 0 Å². The highest BCUT2D eigenvalue weighted by molar-refractivity contribution is 6.01. The molecule has 0 saturated heterocycles. The Kier molecular flexibility index (Phi) is 3.10. The molecule has 0 amide bonds. The first-order valence-electron chi connectivity index (χ1n) is 5.58. The summed E-state index contributed by atoms with van der Waals surface area (Å²) in [5.74, 6) is -0.517. The maximum atomic E-state index is 11.8. The molecule has 0 spiro atoms. The molecule has 0 aliphatic heterocycles. The van der Waals surface area contributed by atoms with Crippen LogP contribution in [0.4, 0.5) is 0 Å². The molecule has 0 saturated carbocycles. The summed E-state index contributed by atoms with van der Waals surface area (Å²) >= 11 is 0. The van der Waals surface area contributed by atoms with E-state index in [1.54, 1.807) is 20.8 Å². The van der Waals surface area contributed by atoms with Gasteiger partial charge in [0.05, 0.1) is 18.0 Å². The Morgan fingerprint density at radius 3 is 2.50 bits per heavy atom. The fourth-order valence-electron chi connectivity index (χ4n) is 1.59. The molecular weight excluding hydrogens is 234 g/mol. The fourth-order valence-corrected chi connectivity index (χ4v) is 1.59. The summed E-state index contributed by atoms with van der Waals surface area (Å²) in [5, 5.41) is 0. The normalized spacial score (nSPS) is 10.6. The Hall–Kier alpha value is -2.24. The Balaban J connectivity index is 2.77. The third kappa shape index (κ3) is 1.97. The van der Waals surface area contributed by atoms with Gasteiger partial charge in [0.25, 0.3) is 5.56 Å². The second-order valence-electron chi connectivity index (χ2n) is 3.84. The fraction of sp³-hybridized carbons (Fsp3) is 0.333. The summed E-state index contributed by atoms with van der Waals surface area (Å²) in [6, 6.07) is 0. The lowest BCUT2D eigenvalue weighted by Gasteiger charge is -2.06. The van der Waals surface area contributed by atoms with Crippen LogP contribution in [0.3, 0.4) is 0 Å². The van der Waals surface area contributed by atoms with Crippen LogP contribution in [0.25, 0.3) is 11.0 Å². The van der Waals surface area contributed by atoms with Gasteiger partial charge in [-0.25, -0.2) is 14.8 Å². The number of carbonyl (C=O) groups is 1. The zero-order chi connectivity index (χ0) is 13.3. The van der Waals surface area contributed by atoms with Crippen LogP contribution in [0, 0.1) is 13.8 Å². The summed E-state index contributed by atoms with van der Waals surface area (Å²) < 4.78 is 4.92. The molecule has 0 unspecified atom stereocenters. The Labute approximate surface area is 103 Å². The predicted octanol–water partition coefficient (Wildman–Crippen LogP) is 1.11. The van der Waals surface area contributed by atoms with Crippen molar-refractivity contribution in [2.45, 2.75) is 20.8 Å². The number of pyridine rings is 1. The number of hydrogen-bond acceptors (Lipinski definition) is 5. The molecule has 0 aliphatic rings. The molecule has 1 N–H and O–H groups in total. The van der Waals surface area contributed by atoms with Crippen molar-refractivity contribution < 1.29 is 9.53 Å². The van der Waals surface area contributed by atoms with E-state index in [1.165, 1.54) is 6.20 Å². The van der Waals surface area contributed by atoms with E-state index in [4.69, 9.17) is 4.74 Å². The highest BCUT2D eigenvalue weighted by atomic mass is 16.5. The number of nitrogens with one attached hydrogen (secondary N) is 1. The molecule has 0 aliphatic carbocycles. The second kappa shape index (κ2) is 4.56. The van der Waals surface area contributed by atoms with Crippen LogP contribution in [0.2, 0.25) is 0 Å². The molecule has 0 fully saturated rings. The van der Waals surface area contributed by atoms with Crippen molar-refractivity contribution >= 4 is 17.0 Å². The number of esters is 1. The molecule has 2 aromatic heterocycles. The standard InChI is InChI=1S/C12H13N3O3/c1-4-18-12(17)8-5-13-11(16)10-9(8)14-6(2)7(3)15-10/h5H,4H2,1-3H3,(H,13,16). The van der Waals surface area contributed by atoms with Gasteiger partial charge in [-0.05, 0) is 20.8 Å². The lowest BCUT2D eigenvalue weighted by molar-refractivity contribution is 0.0528. The van der Waals surface area contributed by atoms with E-state index >= 15 is 0 Å². The molecule has 6 heteroatoms. The van der Waals surface area contributed by atoms with Gasteiger partial charge in [-0.1, -0.05) is 0 Å². The average Bonchev–Trinajstić information content (AvgIpc) is 2.32. The van der Waals surface area contributed by atoms with Gasteiger partial charge in [0.2, 0.25) is 0 Å². The Morgan fingerprint density at radius 1 is 1.28 bits per heavy atom. The molecule has 0 atom stereocenters. The van der Waals surface area contributed by atoms with Crippen LogP contribution in [0.15, 0.2) is 11.0 Å². The van der Waals surface area contributed by atoms with Crippen molar-refractivity contribution in [3.63, 3.8) is 0 Å². The zero-order valence-electron chi connectivity index (χ0n) is 10.4. The summed E-state index contributed by atoms with van der Waals surface area (Å²) in [7, 11) is 0. The Bertz CT molecular complexity index is 676. The van der Waals surface area contributed by atoms with E-state index in [2.05, 4.69) is 15.0 Å². The van der Waals surface area contributed by atoms with E-state index in [1.807, 2.05) is 0 Å². The number of hydrogen-bond donors (Lipinski definition) is 1. The molecule has 2 aromatic rings. The monoisotopic (exact) mass is 247 g/mol. The van der Waals surface area contributed by atoms with E-state index < -0.39 is 5.97 Å². The first-order chi connectivity index (χ1) is 8.54. The molecule has 0 aromatic carbocycles. The second-order valence-corrected chi connectivity index (χ2v) is 3.84. The number of aromatic nitrogens is 3. The predicted molar refractivity (Wildman–Crippen MR) is 65.6 cm³/mol.